The highest BCUT2D eigenvalue weighted by atomic mass is 32.2. The number of aliphatic hydroxyl groups excluding tert-OH is 1. The Bertz CT molecular complexity index is 1150. The van der Waals surface area contributed by atoms with Crippen LogP contribution in [0.3, 0.4) is 0 Å². The molecule has 3 heterocycles. The molecule has 0 aromatic heterocycles. The maximum Gasteiger partial charge on any atom is 0.283 e. The van der Waals surface area contributed by atoms with E-state index < -0.39 is 21.0 Å². The van der Waals surface area contributed by atoms with Crippen molar-refractivity contribution >= 4 is 15.7 Å². The molecule has 34 heavy (non-hydrogen) atoms. The van der Waals surface area contributed by atoms with Crippen molar-refractivity contribution in [1.29, 1.82) is 0 Å². The van der Waals surface area contributed by atoms with Crippen LogP contribution in [0, 0.1) is 10.1 Å². The Kier molecular flexibility index (Phi) is 6.89. The number of nitro benzene ring substituents is 1. The highest BCUT2D eigenvalue weighted by Crippen LogP contribution is 2.31. The summed E-state index contributed by atoms with van der Waals surface area (Å²) in [5.41, 5.74) is 0.909. The maximum atomic E-state index is 13.3. The Hall–Kier alpha value is -2.99. The topological polar surface area (TPSA) is 122 Å². The van der Waals surface area contributed by atoms with Crippen LogP contribution < -0.4 is 4.72 Å². The first kappa shape index (κ1) is 24.1. The van der Waals surface area contributed by atoms with Gasteiger partial charge in [0.2, 0.25) is 10.0 Å². The molecule has 0 saturated carbocycles. The fourth-order valence-corrected chi connectivity index (χ4v) is 5.92. The number of methoxy groups -OCH3 is 1. The van der Waals surface area contributed by atoms with E-state index >= 15 is 0 Å². The summed E-state index contributed by atoms with van der Waals surface area (Å²) in [6.07, 6.45) is 0. The molecule has 2 N–H and O–H groups in total. The molecule has 0 amide bonds. The van der Waals surface area contributed by atoms with Gasteiger partial charge >= 0.3 is 0 Å². The molecule has 1 atom stereocenters. The monoisotopic (exact) mass is 489 g/mol. The van der Waals surface area contributed by atoms with Crippen LogP contribution in [0.25, 0.3) is 0 Å². The standard InChI is InChI=1S/C23H28N4O6S/c1-33-23(28)21(17-27-14-11-25(12-15-27)13-16-27)22(18-5-3-2-4-6-18)24-34(31,32)20-9-7-19(8-10-20)26(29)30/h2-10,22,24H,11-17H2,1H3/p+1/b23-21+/t22-/m0/s1. The number of quaternary nitrogens is 1. The molecule has 2 aromatic carbocycles. The zero-order valence-electron chi connectivity index (χ0n) is 19.0. The van der Waals surface area contributed by atoms with Gasteiger partial charge in [-0.25, -0.2) is 8.42 Å². The Balaban J connectivity index is 1.71. The molecule has 10 nitrogen and oxygen atoms in total. The molecule has 5 rings (SSSR count). The van der Waals surface area contributed by atoms with Crippen LogP contribution in [-0.4, -0.2) is 80.8 Å². The number of non-ortho nitro benzene ring substituents is 1. The predicted molar refractivity (Wildman–Crippen MR) is 125 cm³/mol. The summed E-state index contributed by atoms with van der Waals surface area (Å²) in [7, 11) is -2.73. The van der Waals surface area contributed by atoms with Crippen LogP contribution in [0.15, 0.2) is 71.0 Å². The fourth-order valence-electron chi connectivity index (χ4n) is 4.70. The van der Waals surface area contributed by atoms with Crippen molar-refractivity contribution in [1.82, 2.24) is 9.62 Å². The molecule has 3 saturated heterocycles. The average molecular weight is 490 g/mol. The highest BCUT2D eigenvalue weighted by molar-refractivity contribution is 7.89. The molecule has 182 valence electrons. The number of rotatable bonds is 9. The number of sulfonamides is 1. The van der Waals surface area contributed by atoms with Crippen molar-refractivity contribution in [3.05, 3.63) is 81.8 Å². The summed E-state index contributed by atoms with van der Waals surface area (Å²) < 4.78 is 35.3. The van der Waals surface area contributed by atoms with Crippen molar-refractivity contribution in [3.8, 4) is 0 Å². The van der Waals surface area contributed by atoms with Crippen LogP contribution in [0.5, 0.6) is 0 Å². The highest BCUT2D eigenvalue weighted by Gasteiger charge is 2.42. The Morgan fingerprint density at radius 1 is 1.12 bits per heavy atom. The van der Waals surface area contributed by atoms with E-state index in [0.717, 1.165) is 55.9 Å². The predicted octanol–water partition coefficient (Wildman–Crippen LogP) is 2.18. The van der Waals surface area contributed by atoms with Crippen LogP contribution >= 0.6 is 0 Å². The van der Waals surface area contributed by atoms with Crippen molar-refractivity contribution < 1.29 is 27.7 Å². The summed E-state index contributed by atoms with van der Waals surface area (Å²) in [6.45, 7) is 6.07. The van der Waals surface area contributed by atoms with E-state index in [4.69, 9.17) is 4.74 Å². The smallest absolute Gasteiger partial charge is 0.283 e. The Morgan fingerprint density at radius 2 is 1.71 bits per heavy atom. The van der Waals surface area contributed by atoms with E-state index in [-0.39, 0.29) is 16.5 Å². The normalized spacial score (nSPS) is 23.7. The number of nitro groups is 1. The lowest BCUT2D eigenvalue weighted by Crippen LogP contribution is -2.68. The van der Waals surface area contributed by atoms with Gasteiger partial charge in [0.25, 0.3) is 11.6 Å². The first-order valence-corrected chi connectivity index (χ1v) is 12.6. The molecule has 0 spiro atoms. The van der Waals surface area contributed by atoms with E-state index in [2.05, 4.69) is 9.62 Å². The van der Waals surface area contributed by atoms with E-state index in [0.29, 0.717) is 17.7 Å². The maximum absolute atomic E-state index is 13.3. The van der Waals surface area contributed by atoms with Gasteiger partial charge in [-0.05, 0) is 17.7 Å². The van der Waals surface area contributed by atoms with Crippen LogP contribution in [0.4, 0.5) is 5.69 Å². The molecule has 3 fully saturated rings. The fraction of sp³-hybridized carbons (Fsp3) is 0.391. The van der Waals surface area contributed by atoms with Crippen molar-refractivity contribution in [2.75, 3.05) is 52.9 Å². The summed E-state index contributed by atoms with van der Waals surface area (Å²) >= 11 is 0. The zero-order chi connectivity index (χ0) is 24.3. The number of fused-ring (bicyclic) bond motifs is 3. The van der Waals surface area contributed by atoms with E-state index in [9.17, 15) is 23.6 Å². The molecule has 0 aliphatic carbocycles. The number of hydrogen-bond donors (Lipinski definition) is 2. The molecular weight excluding hydrogens is 460 g/mol. The van der Waals surface area contributed by atoms with Crippen LogP contribution in [0.2, 0.25) is 0 Å². The molecule has 0 radical (unpaired) electrons. The van der Waals surface area contributed by atoms with Gasteiger partial charge < -0.3 is 14.3 Å². The number of benzene rings is 2. The van der Waals surface area contributed by atoms with Crippen LogP contribution in [0.1, 0.15) is 11.6 Å². The van der Waals surface area contributed by atoms with Gasteiger partial charge in [0.05, 0.1) is 48.2 Å². The number of ether oxygens (including phenoxy) is 1. The Labute approximate surface area is 198 Å². The zero-order valence-corrected chi connectivity index (χ0v) is 19.8. The van der Waals surface area contributed by atoms with Gasteiger partial charge in [0.15, 0.2) is 0 Å². The first-order valence-electron chi connectivity index (χ1n) is 11.1. The SMILES string of the molecule is CO/C(O)=C(\C[N+]12CCN(CC1)CC2)[C@@H](NS(=O)(=O)c1ccc([N+](=O)[O-])cc1)c1ccccc1. The van der Waals surface area contributed by atoms with Gasteiger partial charge in [-0.15, -0.1) is 0 Å². The second-order valence-electron chi connectivity index (χ2n) is 8.76. The summed E-state index contributed by atoms with van der Waals surface area (Å²) in [6, 6.07) is 12.8. The van der Waals surface area contributed by atoms with Gasteiger partial charge in [-0.2, -0.15) is 4.72 Å². The molecule has 3 aliphatic rings. The minimum absolute atomic E-state index is 0.103. The third kappa shape index (κ3) is 5.07. The second-order valence-corrected chi connectivity index (χ2v) is 10.5. The molecule has 2 bridgehead atoms. The largest absolute Gasteiger partial charge is 0.481 e. The lowest BCUT2D eigenvalue weighted by Gasteiger charge is -2.51. The van der Waals surface area contributed by atoms with Gasteiger partial charge in [-0.1, -0.05) is 30.3 Å². The van der Waals surface area contributed by atoms with Gasteiger partial charge in [0, 0.05) is 31.8 Å². The second kappa shape index (κ2) is 9.71. The van der Waals surface area contributed by atoms with E-state index in [1.165, 1.54) is 19.2 Å². The average Bonchev–Trinajstić information content (AvgIpc) is 2.87. The van der Waals surface area contributed by atoms with E-state index in [1.54, 1.807) is 24.3 Å². The third-order valence-electron chi connectivity index (χ3n) is 6.76. The number of aliphatic hydroxyl groups is 1. The minimum Gasteiger partial charge on any atom is -0.481 e. The van der Waals surface area contributed by atoms with E-state index in [1.807, 2.05) is 6.07 Å². The summed E-state index contributed by atoms with van der Waals surface area (Å²) in [5.74, 6) is -0.305. The van der Waals surface area contributed by atoms with Gasteiger partial charge in [0.1, 0.15) is 6.54 Å². The van der Waals surface area contributed by atoms with Gasteiger partial charge in [-0.3, -0.25) is 15.0 Å². The molecular formula is C23H29N4O6S+. The third-order valence-corrected chi connectivity index (χ3v) is 8.20. The summed E-state index contributed by atoms with van der Waals surface area (Å²) in [4.78, 5) is 12.7. The number of nitrogens with zero attached hydrogens (tertiary/aromatic N) is 3. The quantitative estimate of drug-likeness (QED) is 0.240. The first-order chi connectivity index (χ1) is 16.2. The Morgan fingerprint density at radius 3 is 2.24 bits per heavy atom. The molecule has 2 aromatic rings. The number of hydrogen-bond acceptors (Lipinski definition) is 7. The van der Waals surface area contributed by atoms with Crippen molar-refractivity contribution in [3.63, 3.8) is 0 Å². The molecule has 0 unspecified atom stereocenters. The number of piperazine rings is 3. The lowest BCUT2D eigenvalue weighted by molar-refractivity contribution is -0.937. The minimum atomic E-state index is -4.08. The lowest BCUT2D eigenvalue weighted by atomic mass is 9.97. The van der Waals surface area contributed by atoms with Crippen molar-refractivity contribution in [2.45, 2.75) is 10.9 Å². The molecule has 3 aliphatic heterocycles. The van der Waals surface area contributed by atoms with Crippen molar-refractivity contribution in [2.24, 2.45) is 0 Å². The molecule has 11 heteroatoms. The summed E-state index contributed by atoms with van der Waals surface area (Å²) in [5, 5.41) is 21.8. The van der Waals surface area contributed by atoms with Crippen LogP contribution in [-0.2, 0) is 14.8 Å². The number of nitrogens with one attached hydrogen (secondary N) is 1.